The highest BCUT2D eigenvalue weighted by Gasteiger charge is 2.37. The molecule has 2 nitrogen and oxygen atoms in total. The monoisotopic (exact) mass is 338 g/mol. The first-order valence-electron chi connectivity index (χ1n) is 10.1. The fourth-order valence-corrected chi connectivity index (χ4v) is 4.88. The fourth-order valence-electron chi connectivity index (χ4n) is 4.88. The lowest BCUT2D eigenvalue weighted by Crippen LogP contribution is -2.34. The Morgan fingerprint density at radius 1 is 1.12 bits per heavy atom. The van der Waals surface area contributed by atoms with Gasteiger partial charge in [0, 0.05) is 0 Å². The van der Waals surface area contributed by atoms with E-state index in [9.17, 15) is 4.79 Å². The number of rotatable bonds is 7. The lowest BCUT2D eigenvalue weighted by atomic mass is 9.26. The smallest absolute Gasteiger partial charge is 0.338 e. The molecule has 2 aliphatic rings. The van der Waals surface area contributed by atoms with Gasteiger partial charge in [-0.2, -0.15) is 0 Å². The Kier molecular flexibility index (Phi) is 6.78. The molecular formula is C22H31BO2. The predicted molar refractivity (Wildman–Crippen MR) is 105 cm³/mol. The number of benzene rings is 1. The van der Waals surface area contributed by atoms with Gasteiger partial charge < -0.3 is 4.74 Å². The van der Waals surface area contributed by atoms with Crippen LogP contribution >= 0.6 is 0 Å². The molecule has 0 N–H and O–H groups in total. The number of hydrogen-bond acceptors (Lipinski definition) is 2. The van der Waals surface area contributed by atoms with E-state index < -0.39 is 0 Å². The van der Waals surface area contributed by atoms with Crippen LogP contribution in [0, 0.1) is 0 Å². The van der Waals surface area contributed by atoms with Gasteiger partial charge in [0.25, 0.3) is 0 Å². The molecular weight excluding hydrogens is 307 g/mol. The molecule has 2 bridgehead atoms. The van der Waals surface area contributed by atoms with Gasteiger partial charge in [-0.1, -0.05) is 87.2 Å². The molecule has 0 atom stereocenters. The van der Waals surface area contributed by atoms with Crippen molar-refractivity contribution in [2.24, 2.45) is 0 Å². The molecule has 2 fully saturated rings. The second-order valence-electron chi connectivity index (χ2n) is 7.97. The molecule has 1 aromatic rings. The molecule has 2 saturated heterocycles. The number of esters is 1. The number of fused-ring (bicyclic) bond motifs is 2. The number of unbranched alkanes of at least 4 members (excludes halogenated alkanes) is 1. The summed E-state index contributed by atoms with van der Waals surface area (Å²) in [7, 11) is 0. The summed E-state index contributed by atoms with van der Waals surface area (Å²) in [5.41, 5.74) is 1.78. The Labute approximate surface area is 153 Å². The second-order valence-corrected chi connectivity index (χ2v) is 7.97. The summed E-state index contributed by atoms with van der Waals surface area (Å²) < 4.78 is 5.39. The van der Waals surface area contributed by atoms with Gasteiger partial charge in [-0.15, -0.1) is 0 Å². The van der Waals surface area contributed by atoms with Gasteiger partial charge in [0.2, 0.25) is 0 Å². The minimum Gasteiger partial charge on any atom is -0.458 e. The maximum Gasteiger partial charge on any atom is 0.338 e. The SMILES string of the molecule is C/C(=C\CCCB1C2CCCC1CCC2)COC(=O)c1ccccc1. The zero-order valence-electron chi connectivity index (χ0n) is 15.6. The lowest BCUT2D eigenvalue weighted by molar-refractivity contribution is 0.0540. The second kappa shape index (κ2) is 9.26. The van der Waals surface area contributed by atoms with Crippen LogP contribution < -0.4 is 0 Å². The molecule has 3 heteroatoms. The van der Waals surface area contributed by atoms with E-state index in [1.54, 1.807) is 12.1 Å². The van der Waals surface area contributed by atoms with Crippen LogP contribution in [0.1, 0.15) is 68.6 Å². The van der Waals surface area contributed by atoms with Crippen molar-refractivity contribution < 1.29 is 9.53 Å². The summed E-state index contributed by atoms with van der Waals surface area (Å²) in [6.07, 6.45) is 14.9. The summed E-state index contributed by atoms with van der Waals surface area (Å²) in [6, 6.07) is 9.22. The van der Waals surface area contributed by atoms with E-state index >= 15 is 0 Å². The number of carbonyl (C=O) groups is 1. The quantitative estimate of drug-likeness (QED) is 0.257. The Morgan fingerprint density at radius 2 is 1.76 bits per heavy atom. The van der Waals surface area contributed by atoms with E-state index in [1.807, 2.05) is 18.2 Å². The van der Waals surface area contributed by atoms with Gasteiger partial charge in [0.1, 0.15) is 13.3 Å². The highest BCUT2D eigenvalue weighted by atomic mass is 16.5. The van der Waals surface area contributed by atoms with Crippen LogP contribution in [0.25, 0.3) is 0 Å². The van der Waals surface area contributed by atoms with Crippen LogP contribution in [0.3, 0.4) is 0 Å². The average molecular weight is 338 g/mol. The molecule has 3 rings (SSSR count). The van der Waals surface area contributed by atoms with Crippen LogP contribution in [0.15, 0.2) is 42.0 Å². The highest BCUT2D eigenvalue weighted by molar-refractivity contribution is 6.62. The van der Waals surface area contributed by atoms with Crippen molar-refractivity contribution in [3.8, 4) is 0 Å². The molecule has 2 aliphatic heterocycles. The van der Waals surface area contributed by atoms with Crippen LogP contribution in [-0.4, -0.2) is 19.3 Å². The molecule has 0 saturated carbocycles. The highest BCUT2D eigenvalue weighted by Crippen LogP contribution is 2.48. The summed E-state index contributed by atoms with van der Waals surface area (Å²) in [5.74, 6) is 1.80. The third kappa shape index (κ3) is 5.23. The van der Waals surface area contributed by atoms with Gasteiger partial charge in [-0.05, 0) is 31.1 Å². The van der Waals surface area contributed by atoms with Crippen LogP contribution in [-0.2, 0) is 4.74 Å². The fraction of sp³-hybridized carbons (Fsp3) is 0.591. The van der Waals surface area contributed by atoms with Crippen molar-refractivity contribution in [2.45, 2.75) is 76.2 Å². The zero-order chi connectivity index (χ0) is 17.5. The summed E-state index contributed by atoms with van der Waals surface area (Å²) in [5, 5.41) is 0. The average Bonchev–Trinajstić information content (AvgIpc) is 2.63. The Morgan fingerprint density at radius 3 is 2.40 bits per heavy atom. The van der Waals surface area contributed by atoms with E-state index in [4.69, 9.17) is 4.74 Å². The minimum absolute atomic E-state index is 0.233. The van der Waals surface area contributed by atoms with Gasteiger partial charge in [-0.3, -0.25) is 0 Å². The normalized spacial score (nSPS) is 23.4. The molecule has 0 unspecified atom stereocenters. The third-order valence-electron chi connectivity index (χ3n) is 6.19. The van der Waals surface area contributed by atoms with Crippen LogP contribution in [0.4, 0.5) is 0 Å². The maximum absolute atomic E-state index is 11.9. The van der Waals surface area contributed by atoms with Crippen molar-refractivity contribution >= 4 is 12.7 Å². The predicted octanol–water partition coefficient (Wildman–Crippen LogP) is 6.17. The van der Waals surface area contributed by atoms with Crippen LogP contribution in [0.2, 0.25) is 18.0 Å². The molecule has 0 aromatic heterocycles. The molecule has 0 aliphatic carbocycles. The van der Waals surface area contributed by atoms with Crippen LogP contribution in [0.5, 0.6) is 0 Å². The van der Waals surface area contributed by atoms with Gasteiger partial charge in [0.05, 0.1) is 5.56 Å². The first kappa shape index (κ1) is 18.3. The van der Waals surface area contributed by atoms with Crippen molar-refractivity contribution in [3.63, 3.8) is 0 Å². The number of ether oxygens (including phenoxy) is 1. The van der Waals surface area contributed by atoms with E-state index in [2.05, 4.69) is 13.0 Å². The summed E-state index contributed by atoms with van der Waals surface area (Å²) >= 11 is 0. The van der Waals surface area contributed by atoms with Crippen molar-refractivity contribution in [3.05, 3.63) is 47.5 Å². The number of hydrogen-bond donors (Lipinski definition) is 0. The van der Waals surface area contributed by atoms with Gasteiger partial charge in [-0.25, -0.2) is 4.79 Å². The van der Waals surface area contributed by atoms with Gasteiger partial charge >= 0.3 is 5.97 Å². The lowest BCUT2D eigenvalue weighted by Gasteiger charge is -2.40. The van der Waals surface area contributed by atoms with E-state index in [1.165, 1.54) is 51.3 Å². The molecule has 134 valence electrons. The topological polar surface area (TPSA) is 26.3 Å². The van der Waals surface area contributed by atoms with E-state index in [0.717, 1.165) is 30.3 Å². The molecule has 25 heavy (non-hydrogen) atoms. The summed E-state index contributed by atoms with van der Waals surface area (Å²) in [4.78, 5) is 11.9. The first-order valence-corrected chi connectivity index (χ1v) is 10.1. The Bertz CT molecular complexity index is 559. The van der Waals surface area contributed by atoms with Gasteiger partial charge in [0.15, 0.2) is 0 Å². The number of carbonyl (C=O) groups excluding carboxylic acids is 1. The Hall–Kier alpha value is -1.51. The van der Waals surface area contributed by atoms with Crippen molar-refractivity contribution in [1.82, 2.24) is 0 Å². The largest absolute Gasteiger partial charge is 0.458 e. The molecule has 0 amide bonds. The molecule has 0 radical (unpaired) electrons. The minimum atomic E-state index is -0.233. The first-order chi connectivity index (χ1) is 12.2. The molecule has 0 spiro atoms. The van der Waals surface area contributed by atoms with Crippen molar-refractivity contribution in [2.75, 3.05) is 6.61 Å². The third-order valence-corrected chi connectivity index (χ3v) is 6.19. The Balaban J connectivity index is 1.36. The standard InChI is InChI=1S/C22H31BO2/c1-18(17-25-22(24)19-10-3-2-4-11-19)9-5-6-16-23-20-12-7-13-21(23)15-8-14-20/h2-4,9-11,20-21H,5-8,12-17H2,1H3/b18-9+. The van der Waals surface area contributed by atoms with E-state index in [0.29, 0.717) is 12.2 Å². The summed E-state index contributed by atoms with van der Waals surface area (Å²) in [6.45, 7) is 3.46. The molecule has 1 aromatic carbocycles. The zero-order valence-corrected chi connectivity index (χ0v) is 15.6. The maximum atomic E-state index is 11.9. The van der Waals surface area contributed by atoms with E-state index in [-0.39, 0.29) is 5.97 Å². The molecule has 2 heterocycles. The number of allylic oxidation sites excluding steroid dienone is 1. The van der Waals surface area contributed by atoms with Crippen molar-refractivity contribution in [1.29, 1.82) is 0 Å².